The lowest BCUT2D eigenvalue weighted by molar-refractivity contribution is -0.122. The van der Waals surface area contributed by atoms with Gasteiger partial charge in [-0.2, -0.15) is 0 Å². The molecule has 3 aromatic rings. The number of imidazole rings is 1. The molecule has 0 bridgehead atoms. The maximum atomic E-state index is 12.7. The fourth-order valence-corrected chi connectivity index (χ4v) is 3.41. The van der Waals surface area contributed by atoms with Gasteiger partial charge in [0, 0.05) is 6.54 Å². The molecule has 1 aromatic heterocycles. The van der Waals surface area contributed by atoms with Crippen LogP contribution in [0.3, 0.4) is 0 Å². The maximum Gasteiger partial charge on any atom is 0.329 e. The molecule has 26 heavy (non-hydrogen) atoms. The number of amides is 1. The minimum absolute atomic E-state index is 0.0272. The van der Waals surface area contributed by atoms with Crippen molar-refractivity contribution in [2.45, 2.75) is 45.8 Å². The van der Waals surface area contributed by atoms with Crippen LogP contribution in [0.1, 0.15) is 38.3 Å². The van der Waals surface area contributed by atoms with Crippen LogP contribution in [-0.2, 0) is 17.9 Å². The quantitative estimate of drug-likeness (QED) is 0.708. The van der Waals surface area contributed by atoms with Crippen molar-refractivity contribution in [3.8, 4) is 0 Å². The summed E-state index contributed by atoms with van der Waals surface area (Å²) in [6.45, 7) is 4.64. The Morgan fingerprint density at radius 3 is 2.19 bits per heavy atom. The van der Waals surface area contributed by atoms with Gasteiger partial charge in [0.15, 0.2) is 0 Å². The molecule has 0 unspecified atom stereocenters. The molecule has 0 aliphatic heterocycles. The Labute approximate surface area is 153 Å². The second-order valence-corrected chi connectivity index (χ2v) is 6.42. The minimum atomic E-state index is -0.145. The topological polar surface area (TPSA) is 56.0 Å². The third-order valence-corrected chi connectivity index (χ3v) is 4.66. The Balaban J connectivity index is 1.85. The van der Waals surface area contributed by atoms with E-state index in [1.54, 1.807) is 9.13 Å². The lowest BCUT2D eigenvalue weighted by atomic mass is 10.0. The monoisotopic (exact) mass is 351 g/mol. The van der Waals surface area contributed by atoms with E-state index in [4.69, 9.17) is 0 Å². The van der Waals surface area contributed by atoms with E-state index in [1.807, 2.05) is 61.5 Å². The number of aryl methyl sites for hydroxylation is 1. The first-order chi connectivity index (χ1) is 12.7. The van der Waals surface area contributed by atoms with E-state index in [0.29, 0.717) is 6.54 Å². The molecular weight excluding hydrogens is 326 g/mol. The average Bonchev–Trinajstić information content (AvgIpc) is 2.93. The summed E-state index contributed by atoms with van der Waals surface area (Å²) in [5.41, 5.74) is 2.60. The first-order valence-electron chi connectivity index (χ1n) is 9.18. The SMILES string of the molecule is CCC[C@H](NC(=O)Cn1c(=O)n(CC)c2ccccc21)c1ccccc1. The van der Waals surface area contributed by atoms with E-state index < -0.39 is 0 Å². The van der Waals surface area contributed by atoms with Crippen LogP contribution < -0.4 is 11.0 Å². The lowest BCUT2D eigenvalue weighted by Crippen LogP contribution is -2.35. The van der Waals surface area contributed by atoms with E-state index in [9.17, 15) is 9.59 Å². The van der Waals surface area contributed by atoms with Crippen molar-refractivity contribution in [3.05, 3.63) is 70.6 Å². The van der Waals surface area contributed by atoms with Gasteiger partial charge in [0.1, 0.15) is 6.54 Å². The number of nitrogens with zero attached hydrogens (tertiary/aromatic N) is 2. The fraction of sp³-hybridized carbons (Fsp3) is 0.333. The van der Waals surface area contributed by atoms with Crippen molar-refractivity contribution in [1.82, 2.24) is 14.5 Å². The van der Waals surface area contributed by atoms with Gasteiger partial charge in [-0.25, -0.2) is 4.79 Å². The van der Waals surface area contributed by atoms with Gasteiger partial charge in [-0.05, 0) is 31.0 Å². The molecule has 5 nitrogen and oxygen atoms in total. The first-order valence-corrected chi connectivity index (χ1v) is 9.18. The van der Waals surface area contributed by atoms with Gasteiger partial charge < -0.3 is 5.32 Å². The van der Waals surface area contributed by atoms with E-state index in [2.05, 4.69) is 12.2 Å². The lowest BCUT2D eigenvalue weighted by Gasteiger charge is -2.18. The zero-order chi connectivity index (χ0) is 18.5. The average molecular weight is 351 g/mol. The summed E-state index contributed by atoms with van der Waals surface area (Å²) in [5.74, 6) is -0.145. The van der Waals surface area contributed by atoms with Crippen LogP contribution in [0.4, 0.5) is 0 Å². The minimum Gasteiger partial charge on any atom is -0.348 e. The molecule has 0 aliphatic carbocycles. The Morgan fingerprint density at radius 1 is 0.962 bits per heavy atom. The van der Waals surface area contributed by atoms with Crippen molar-refractivity contribution in [1.29, 1.82) is 0 Å². The smallest absolute Gasteiger partial charge is 0.329 e. The second-order valence-electron chi connectivity index (χ2n) is 6.42. The van der Waals surface area contributed by atoms with Crippen molar-refractivity contribution in [2.75, 3.05) is 0 Å². The molecule has 3 rings (SSSR count). The highest BCUT2D eigenvalue weighted by Gasteiger charge is 2.17. The molecule has 5 heteroatoms. The molecule has 0 spiro atoms. The summed E-state index contributed by atoms with van der Waals surface area (Å²) in [6, 6.07) is 17.5. The number of para-hydroxylation sites is 2. The Kier molecular flexibility index (Phi) is 5.56. The zero-order valence-electron chi connectivity index (χ0n) is 15.3. The van der Waals surface area contributed by atoms with Crippen LogP contribution in [0.25, 0.3) is 11.0 Å². The van der Waals surface area contributed by atoms with Crippen LogP contribution in [0.15, 0.2) is 59.4 Å². The molecule has 1 heterocycles. The summed E-state index contributed by atoms with van der Waals surface area (Å²) < 4.78 is 3.26. The van der Waals surface area contributed by atoms with Gasteiger partial charge in [0.2, 0.25) is 5.91 Å². The van der Waals surface area contributed by atoms with Crippen LogP contribution in [0, 0.1) is 0 Å². The highest BCUT2D eigenvalue weighted by atomic mass is 16.2. The van der Waals surface area contributed by atoms with Crippen LogP contribution in [-0.4, -0.2) is 15.0 Å². The number of carbonyl (C=O) groups is 1. The Bertz CT molecular complexity index is 941. The molecule has 0 radical (unpaired) electrons. The summed E-state index contributed by atoms with van der Waals surface area (Å²) >= 11 is 0. The van der Waals surface area contributed by atoms with E-state index in [1.165, 1.54) is 0 Å². The standard InChI is InChI=1S/C21H25N3O2/c1-3-10-17(16-11-6-5-7-12-16)22-20(25)15-24-19-14-9-8-13-18(19)23(4-2)21(24)26/h5-9,11-14,17H,3-4,10,15H2,1-2H3,(H,22,25)/t17-/m0/s1. The fourth-order valence-electron chi connectivity index (χ4n) is 3.41. The van der Waals surface area contributed by atoms with Gasteiger partial charge in [-0.1, -0.05) is 55.8 Å². The molecule has 1 amide bonds. The highest BCUT2D eigenvalue weighted by Crippen LogP contribution is 2.18. The highest BCUT2D eigenvalue weighted by molar-refractivity contribution is 5.81. The van der Waals surface area contributed by atoms with Crippen molar-refractivity contribution in [2.24, 2.45) is 0 Å². The summed E-state index contributed by atoms with van der Waals surface area (Å²) in [5, 5.41) is 3.09. The molecule has 0 fully saturated rings. The van der Waals surface area contributed by atoms with Gasteiger partial charge in [-0.3, -0.25) is 13.9 Å². The van der Waals surface area contributed by atoms with Gasteiger partial charge in [0.05, 0.1) is 17.1 Å². The van der Waals surface area contributed by atoms with Crippen molar-refractivity contribution < 1.29 is 4.79 Å². The summed E-state index contributed by atoms with van der Waals surface area (Å²) in [6.07, 6.45) is 1.83. The van der Waals surface area contributed by atoms with E-state index >= 15 is 0 Å². The molecule has 0 saturated heterocycles. The van der Waals surface area contributed by atoms with Crippen LogP contribution in [0.2, 0.25) is 0 Å². The molecule has 0 saturated carbocycles. The van der Waals surface area contributed by atoms with Gasteiger partial charge in [0.25, 0.3) is 0 Å². The molecule has 0 aliphatic rings. The molecular formula is C21H25N3O2. The Hall–Kier alpha value is -2.82. The van der Waals surface area contributed by atoms with Gasteiger partial charge in [-0.15, -0.1) is 0 Å². The predicted molar refractivity (Wildman–Crippen MR) is 104 cm³/mol. The number of hydrogen-bond donors (Lipinski definition) is 1. The van der Waals surface area contributed by atoms with Crippen LogP contribution >= 0.6 is 0 Å². The summed E-state index contributed by atoms with van der Waals surface area (Å²) in [7, 11) is 0. The number of nitrogens with one attached hydrogen (secondary N) is 1. The first kappa shape index (κ1) is 18.0. The van der Waals surface area contributed by atoms with Crippen molar-refractivity contribution in [3.63, 3.8) is 0 Å². The molecule has 2 aromatic carbocycles. The van der Waals surface area contributed by atoms with Crippen LogP contribution in [0.5, 0.6) is 0 Å². The normalized spacial score (nSPS) is 12.2. The number of aromatic nitrogens is 2. The van der Waals surface area contributed by atoms with E-state index in [0.717, 1.165) is 29.4 Å². The number of rotatable bonds is 7. The maximum absolute atomic E-state index is 12.7. The number of benzene rings is 2. The number of fused-ring (bicyclic) bond motifs is 1. The summed E-state index contributed by atoms with van der Waals surface area (Å²) in [4.78, 5) is 25.4. The Morgan fingerprint density at radius 2 is 1.58 bits per heavy atom. The predicted octanol–water partition coefficient (Wildman–Crippen LogP) is 3.48. The zero-order valence-corrected chi connectivity index (χ0v) is 15.3. The second kappa shape index (κ2) is 8.04. The van der Waals surface area contributed by atoms with Crippen molar-refractivity contribution >= 4 is 16.9 Å². The largest absolute Gasteiger partial charge is 0.348 e. The number of carbonyl (C=O) groups excluding carboxylic acids is 1. The third-order valence-electron chi connectivity index (χ3n) is 4.66. The molecule has 1 N–H and O–H groups in total. The third kappa shape index (κ3) is 3.57. The number of hydrogen-bond acceptors (Lipinski definition) is 2. The van der Waals surface area contributed by atoms with E-state index in [-0.39, 0.29) is 24.2 Å². The van der Waals surface area contributed by atoms with Gasteiger partial charge >= 0.3 is 5.69 Å². The molecule has 136 valence electrons. The molecule has 1 atom stereocenters.